The molecule has 1 amide bonds. The predicted molar refractivity (Wildman–Crippen MR) is 102 cm³/mol. The van der Waals surface area contributed by atoms with Crippen molar-refractivity contribution in [1.82, 2.24) is 25.3 Å². The summed E-state index contributed by atoms with van der Waals surface area (Å²) in [7, 11) is 0. The van der Waals surface area contributed by atoms with Crippen LogP contribution in [0.5, 0.6) is 0 Å². The molecule has 2 aromatic heterocycles. The van der Waals surface area contributed by atoms with E-state index in [9.17, 15) is 9.18 Å². The lowest BCUT2D eigenvalue weighted by atomic mass is 10.1. The molecule has 27 heavy (non-hydrogen) atoms. The number of carbonyl (C=O) groups is 1. The van der Waals surface area contributed by atoms with Gasteiger partial charge in [0.15, 0.2) is 0 Å². The zero-order valence-electron chi connectivity index (χ0n) is 15.0. The molecular formula is C20H20FN5O. The molecule has 0 unspecified atom stereocenters. The Kier molecular flexibility index (Phi) is 4.58. The molecule has 0 bridgehead atoms. The number of H-pyrrole nitrogens is 1. The highest BCUT2D eigenvalue weighted by Crippen LogP contribution is 2.23. The molecule has 2 N–H and O–H groups in total. The minimum absolute atomic E-state index is 0.0771. The Morgan fingerprint density at radius 3 is 3.00 bits per heavy atom. The molecule has 2 aromatic carbocycles. The molecule has 0 radical (unpaired) electrons. The van der Waals surface area contributed by atoms with Crippen LogP contribution in [0.3, 0.4) is 0 Å². The van der Waals surface area contributed by atoms with E-state index < -0.39 is 0 Å². The standard InChI is InChI=1S/C20H20FN5O/c1-13-15(16-11-14(21)7-8-17(16)23-13)12-20(27)22-9-4-10-26-19-6-3-2-5-18(19)24-25-26/h2-3,5-8,11,23H,4,9-10,12H2,1H3,(H,22,27). The molecule has 6 nitrogen and oxygen atoms in total. The van der Waals surface area contributed by atoms with E-state index in [4.69, 9.17) is 0 Å². The second kappa shape index (κ2) is 7.19. The van der Waals surface area contributed by atoms with Gasteiger partial charge in [-0.15, -0.1) is 5.10 Å². The molecule has 0 spiro atoms. The summed E-state index contributed by atoms with van der Waals surface area (Å²) in [5.74, 6) is -0.380. The number of aromatic amines is 1. The fourth-order valence-corrected chi connectivity index (χ4v) is 3.34. The minimum atomic E-state index is -0.303. The number of halogens is 1. The maximum absolute atomic E-state index is 13.5. The van der Waals surface area contributed by atoms with Crippen LogP contribution in [0, 0.1) is 12.7 Å². The number of carbonyl (C=O) groups excluding carboxylic acids is 1. The van der Waals surface area contributed by atoms with Gasteiger partial charge in [0.2, 0.25) is 5.91 Å². The van der Waals surface area contributed by atoms with Crippen LogP contribution in [0.25, 0.3) is 21.9 Å². The molecule has 4 rings (SSSR count). The van der Waals surface area contributed by atoms with Crippen molar-refractivity contribution in [1.29, 1.82) is 0 Å². The zero-order chi connectivity index (χ0) is 18.8. The number of para-hydroxylation sites is 1. The van der Waals surface area contributed by atoms with Crippen molar-refractivity contribution < 1.29 is 9.18 Å². The summed E-state index contributed by atoms with van der Waals surface area (Å²) in [5, 5.41) is 12.0. The number of hydrogen-bond donors (Lipinski definition) is 2. The molecule has 0 aliphatic rings. The van der Waals surface area contributed by atoms with Gasteiger partial charge in [-0.3, -0.25) is 4.79 Å². The zero-order valence-corrected chi connectivity index (χ0v) is 15.0. The van der Waals surface area contributed by atoms with Crippen LogP contribution in [0.15, 0.2) is 42.5 Å². The largest absolute Gasteiger partial charge is 0.358 e. The third-order valence-corrected chi connectivity index (χ3v) is 4.71. The van der Waals surface area contributed by atoms with Gasteiger partial charge in [0.25, 0.3) is 0 Å². The van der Waals surface area contributed by atoms with E-state index in [1.54, 1.807) is 6.07 Å². The van der Waals surface area contributed by atoms with Crippen molar-refractivity contribution >= 4 is 27.8 Å². The Morgan fingerprint density at radius 2 is 2.11 bits per heavy atom. The van der Waals surface area contributed by atoms with Crippen molar-refractivity contribution in [3.05, 3.63) is 59.5 Å². The van der Waals surface area contributed by atoms with Crippen molar-refractivity contribution in [2.45, 2.75) is 26.3 Å². The van der Waals surface area contributed by atoms with Crippen LogP contribution in [0.2, 0.25) is 0 Å². The number of benzene rings is 2. The van der Waals surface area contributed by atoms with Gasteiger partial charge < -0.3 is 10.3 Å². The summed E-state index contributed by atoms with van der Waals surface area (Å²) >= 11 is 0. The SMILES string of the molecule is Cc1[nH]c2ccc(F)cc2c1CC(=O)NCCCn1nnc2ccccc21. The number of fused-ring (bicyclic) bond motifs is 2. The average molecular weight is 365 g/mol. The quantitative estimate of drug-likeness (QED) is 0.516. The Morgan fingerprint density at radius 1 is 1.26 bits per heavy atom. The summed E-state index contributed by atoms with van der Waals surface area (Å²) in [6.07, 6.45) is 0.974. The van der Waals surface area contributed by atoms with Gasteiger partial charge >= 0.3 is 0 Å². The van der Waals surface area contributed by atoms with Crippen LogP contribution in [-0.2, 0) is 17.8 Å². The average Bonchev–Trinajstić information content (AvgIpc) is 3.20. The Hall–Kier alpha value is -3.22. The van der Waals surface area contributed by atoms with Gasteiger partial charge in [0.1, 0.15) is 11.3 Å². The number of aromatic nitrogens is 4. The molecule has 0 aliphatic heterocycles. The smallest absolute Gasteiger partial charge is 0.224 e. The number of nitrogens with one attached hydrogen (secondary N) is 2. The summed E-state index contributed by atoms with van der Waals surface area (Å²) in [6.45, 7) is 3.12. The number of amides is 1. The Bertz CT molecular complexity index is 1110. The molecule has 7 heteroatoms. The van der Waals surface area contributed by atoms with Gasteiger partial charge in [-0.05, 0) is 49.2 Å². The van der Waals surface area contributed by atoms with Crippen molar-refractivity contribution in [3.8, 4) is 0 Å². The van der Waals surface area contributed by atoms with Gasteiger partial charge in [-0.25, -0.2) is 9.07 Å². The molecule has 2 heterocycles. The second-order valence-electron chi connectivity index (χ2n) is 6.60. The first-order valence-corrected chi connectivity index (χ1v) is 8.93. The second-order valence-corrected chi connectivity index (χ2v) is 6.60. The number of rotatable bonds is 6. The monoisotopic (exact) mass is 365 g/mol. The van der Waals surface area contributed by atoms with Crippen LogP contribution in [0.1, 0.15) is 17.7 Å². The summed E-state index contributed by atoms with van der Waals surface area (Å²) < 4.78 is 15.4. The summed E-state index contributed by atoms with van der Waals surface area (Å²) in [4.78, 5) is 15.5. The van der Waals surface area contributed by atoms with Crippen LogP contribution >= 0.6 is 0 Å². The van der Waals surface area contributed by atoms with E-state index in [1.165, 1.54) is 12.1 Å². The van der Waals surface area contributed by atoms with Crippen LogP contribution in [-0.4, -0.2) is 32.4 Å². The van der Waals surface area contributed by atoms with Crippen LogP contribution < -0.4 is 5.32 Å². The van der Waals surface area contributed by atoms with E-state index in [1.807, 2.05) is 35.9 Å². The molecule has 0 saturated carbocycles. The fraction of sp³-hybridized carbons (Fsp3) is 0.250. The molecule has 0 atom stereocenters. The van der Waals surface area contributed by atoms with Gasteiger partial charge in [-0.1, -0.05) is 17.3 Å². The van der Waals surface area contributed by atoms with Gasteiger partial charge in [0.05, 0.1) is 11.9 Å². The molecule has 0 fully saturated rings. The molecular weight excluding hydrogens is 345 g/mol. The fourth-order valence-electron chi connectivity index (χ4n) is 3.34. The van der Waals surface area contributed by atoms with Crippen molar-refractivity contribution in [3.63, 3.8) is 0 Å². The first-order valence-electron chi connectivity index (χ1n) is 8.93. The van der Waals surface area contributed by atoms with E-state index >= 15 is 0 Å². The van der Waals surface area contributed by atoms with Crippen molar-refractivity contribution in [2.75, 3.05) is 6.54 Å². The predicted octanol–water partition coefficient (Wildman–Crippen LogP) is 3.11. The third-order valence-electron chi connectivity index (χ3n) is 4.71. The number of aryl methyl sites for hydroxylation is 2. The van der Waals surface area contributed by atoms with E-state index in [-0.39, 0.29) is 18.1 Å². The van der Waals surface area contributed by atoms with Gasteiger partial charge in [0, 0.05) is 29.7 Å². The summed E-state index contributed by atoms with van der Waals surface area (Å²) in [6, 6.07) is 12.4. The number of hydrogen-bond acceptors (Lipinski definition) is 3. The normalized spacial score (nSPS) is 11.3. The molecule has 0 aliphatic carbocycles. The Labute approximate surface area is 155 Å². The molecule has 138 valence electrons. The lowest BCUT2D eigenvalue weighted by Crippen LogP contribution is -2.27. The molecule has 0 saturated heterocycles. The summed E-state index contributed by atoms with van der Waals surface area (Å²) in [5.41, 5.74) is 4.42. The first kappa shape index (κ1) is 17.2. The lowest BCUT2D eigenvalue weighted by Gasteiger charge is -2.06. The van der Waals surface area contributed by atoms with Crippen LogP contribution in [0.4, 0.5) is 4.39 Å². The lowest BCUT2D eigenvalue weighted by molar-refractivity contribution is -0.120. The Balaban J connectivity index is 1.34. The van der Waals surface area contributed by atoms with E-state index in [2.05, 4.69) is 20.6 Å². The first-order chi connectivity index (χ1) is 13.1. The highest BCUT2D eigenvalue weighted by molar-refractivity contribution is 5.90. The maximum Gasteiger partial charge on any atom is 0.224 e. The maximum atomic E-state index is 13.5. The minimum Gasteiger partial charge on any atom is -0.358 e. The topological polar surface area (TPSA) is 75.6 Å². The highest BCUT2D eigenvalue weighted by atomic mass is 19.1. The van der Waals surface area contributed by atoms with E-state index in [0.29, 0.717) is 13.1 Å². The molecule has 4 aromatic rings. The number of nitrogens with zero attached hydrogens (tertiary/aromatic N) is 3. The third kappa shape index (κ3) is 3.53. The van der Waals surface area contributed by atoms with E-state index in [0.717, 1.165) is 39.6 Å². The highest BCUT2D eigenvalue weighted by Gasteiger charge is 2.13. The van der Waals surface area contributed by atoms with Gasteiger partial charge in [-0.2, -0.15) is 0 Å². The van der Waals surface area contributed by atoms with Crippen molar-refractivity contribution in [2.24, 2.45) is 0 Å².